The lowest BCUT2D eigenvalue weighted by atomic mass is 9.96. The number of ether oxygens (including phenoxy) is 1. The molecular formula is C27H23F3N6O4. The second kappa shape index (κ2) is 10.7. The monoisotopic (exact) mass is 552 g/mol. The van der Waals surface area contributed by atoms with Gasteiger partial charge in [-0.25, -0.2) is 9.78 Å². The predicted octanol–water partition coefficient (Wildman–Crippen LogP) is 4.88. The predicted molar refractivity (Wildman–Crippen MR) is 136 cm³/mol. The molecule has 1 saturated heterocycles. The summed E-state index contributed by atoms with van der Waals surface area (Å²) in [6, 6.07) is 16.8. The van der Waals surface area contributed by atoms with Gasteiger partial charge in [-0.05, 0) is 48.9 Å². The quantitative estimate of drug-likeness (QED) is 0.347. The van der Waals surface area contributed by atoms with Crippen LogP contribution in [0.4, 0.5) is 29.5 Å². The highest BCUT2D eigenvalue weighted by molar-refractivity contribution is 5.91. The van der Waals surface area contributed by atoms with Crippen LogP contribution in [0.2, 0.25) is 0 Å². The van der Waals surface area contributed by atoms with Crippen LogP contribution in [0.25, 0.3) is 11.5 Å². The average Bonchev–Trinajstić information content (AvgIpc) is 3.45. The highest BCUT2D eigenvalue weighted by Crippen LogP contribution is 2.35. The van der Waals surface area contributed by atoms with Gasteiger partial charge >= 0.3 is 12.3 Å². The van der Waals surface area contributed by atoms with Crippen molar-refractivity contribution in [1.82, 2.24) is 25.4 Å². The lowest BCUT2D eigenvalue weighted by Gasteiger charge is -2.40. The molecule has 0 radical (unpaired) electrons. The molecule has 0 spiro atoms. The summed E-state index contributed by atoms with van der Waals surface area (Å²) < 4.78 is 50.1. The Morgan fingerprint density at radius 3 is 2.58 bits per heavy atom. The number of anilines is 2. The van der Waals surface area contributed by atoms with Crippen molar-refractivity contribution in [1.29, 1.82) is 0 Å². The van der Waals surface area contributed by atoms with E-state index < -0.39 is 29.3 Å². The van der Waals surface area contributed by atoms with Crippen molar-refractivity contribution in [2.24, 2.45) is 0 Å². The Morgan fingerprint density at radius 2 is 1.85 bits per heavy atom. The Morgan fingerprint density at radius 1 is 1.10 bits per heavy atom. The number of halogens is 3. The fraction of sp³-hybridized carbons (Fsp3) is 0.222. The molecule has 206 valence electrons. The molecule has 10 nitrogen and oxygen atoms in total. The Kier molecular flexibility index (Phi) is 7.11. The number of carbonyl (C=O) groups excluding carboxylic acids is 2. The van der Waals surface area contributed by atoms with Crippen LogP contribution in [-0.2, 0) is 27.9 Å². The largest absolute Gasteiger partial charge is 0.445 e. The number of nitrogens with one attached hydrogen (secondary N) is 2. The molecule has 3 heterocycles. The highest BCUT2D eigenvalue weighted by atomic mass is 19.4. The zero-order valence-corrected chi connectivity index (χ0v) is 21.1. The van der Waals surface area contributed by atoms with E-state index in [-0.39, 0.29) is 37.3 Å². The van der Waals surface area contributed by atoms with Gasteiger partial charge in [-0.1, -0.05) is 30.3 Å². The molecule has 1 fully saturated rings. The first-order chi connectivity index (χ1) is 19.2. The molecule has 40 heavy (non-hydrogen) atoms. The van der Waals surface area contributed by atoms with Crippen molar-refractivity contribution in [3.05, 3.63) is 89.9 Å². The smallest absolute Gasteiger partial charge is 0.416 e. The third-order valence-corrected chi connectivity index (χ3v) is 6.38. The highest BCUT2D eigenvalue weighted by Gasteiger charge is 2.51. The fourth-order valence-corrected chi connectivity index (χ4v) is 4.17. The van der Waals surface area contributed by atoms with Crippen LogP contribution in [0.15, 0.2) is 77.3 Å². The number of amides is 2. The van der Waals surface area contributed by atoms with Gasteiger partial charge in [0.1, 0.15) is 12.4 Å². The Labute approximate surface area is 226 Å². The van der Waals surface area contributed by atoms with Crippen molar-refractivity contribution in [2.75, 3.05) is 18.4 Å². The van der Waals surface area contributed by atoms with E-state index in [1.54, 1.807) is 12.1 Å². The minimum atomic E-state index is -4.46. The zero-order valence-electron chi connectivity index (χ0n) is 21.1. The number of benzene rings is 2. The van der Waals surface area contributed by atoms with Crippen LogP contribution in [0, 0.1) is 0 Å². The fourth-order valence-electron chi connectivity index (χ4n) is 4.17. The number of alkyl halides is 3. The van der Waals surface area contributed by atoms with E-state index in [2.05, 4.69) is 25.8 Å². The van der Waals surface area contributed by atoms with Crippen LogP contribution in [-0.4, -0.2) is 45.2 Å². The van der Waals surface area contributed by atoms with E-state index >= 15 is 0 Å². The van der Waals surface area contributed by atoms with Crippen LogP contribution in [0.1, 0.15) is 23.9 Å². The van der Waals surface area contributed by atoms with Gasteiger partial charge in [0.05, 0.1) is 11.1 Å². The lowest BCUT2D eigenvalue weighted by Crippen LogP contribution is -2.63. The van der Waals surface area contributed by atoms with Crippen molar-refractivity contribution in [3.8, 4) is 11.5 Å². The number of pyridine rings is 1. The summed E-state index contributed by atoms with van der Waals surface area (Å²) in [6.07, 6.45) is -3.71. The summed E-state index contributed by atoms with van der Waals surface area (Å²) in [4.78, 5) is 31.6. The number of nitrogens with zero attached hydrogens (tertiary/aromatic N) is 4. The van der Waals surface area contributed by atoms with Gasteiger partial charge in [0.25, 0.3) is 17.7 Å². The van der Waals surface area contributed by atoms with E-state index in [0.29, 0.717) is 11.3 Å². The van der Waals surface area contributed by atoms with Gasteiger partial charge in [-0.2, -0.15) is 13.2 Å². The van der Waals surface area contributed by atoms with Crippen LogP contribution < -0.4 is 10.6 Å². The molecule has 2 amide bonds. The first-order valence-electron chi connectivity index (χ1n) is 12.2. The van der Waals surface area contributed by atoms with E-state index in [1.807, 2.05) is 30.3 Å². The average molecular weight is 553 g/mol. The molecule has 0 bridgehead atoms. The maximum absolute atomic E-state index is 13.1. The number of carbonyl (C=O) groups is 2. The van der Waals surface area contributed by atoms with Gasteiger partial charge in [0.15, 0.2) is 5.54 Å². The molecule has 1 atom stereocenters. The van der Waals surface area contributed by atoms with Crippen molar-refractivity contribution in [3.63, 3.8) is 0 Å². The summed E-state index contributed by atoms with van der Waals surface area (Å²) in [7, 11) is 0. The molecule has 2 aromatic carbocycles. The van der Waals surface area contributed by atoms with Crippen molar-refractivity contribution < 1.29 is 31.9 Å². The second-order valence-electron chi connectivity index (χ2n) is 9.03. The molecule has 1 aliphatic rings. The number of piperazine rings is 1. The number of hydrogen-bond donors (Lipinski definition) is 2. The first kappa shape index (κ1) is 26.7. The molecule has 13 heteroatoms. The summed E-state index contributed by atoms with van der Waals surface area (Å²) >= 11 is 0. The third kappa shape index (κ3) is 5.30. The number of hydrogen-bond acceptors (Lipinski definition) is 8. The van der Waals surface area contributed by atoms with Gasteiger partial charge in [0.2, 0.25) is 0 Å². The molecule has 1 unspecified atom stereocenters. The Bertz CT molecular complexity index is 1510. The van der Waals surface area contributed by atoms with Gasteiger partial charge < -0.3 is 19.8 Å². The van der Waals surface area contributed by atoms with E-state index in [0.717, 1.165) is 17.7 Å². The maximum atomic E-state index is 13.1. The molecule has 2 N–H and O–H groups in total. The van der Waals surface area contributed by atoms with Crippen LogP contribution in [0.3, 0.4) is 0 Å². The van der Waals surface area contributed by atoms with E-state index in [9.17, 15) is 22.8 Å². The minimum Gasteiger partial charge on any atom is -0.445 e. The molecule has 0 saturated carbocycles. The molecule has 5 rings (SSSR count). The van der Waals surface area contributed by atoms with Crippen molar-refractivity contribution >= 4 is 23.5 Å². The zero-order chi connectivity index (χ0) is 28.3. The number of aromatic nitrogens is 3. The third-order valence-electron chi connectivity index (χ3n) is 6.38. The maximum Gasteiger partial charge on any atom is 0.416 e. The minimum absolute atomic E-state index is 0.0115. The number of rotatable bonds is 6. The normalized spacial score (nSPS) is 17.3. The topological polar surface area (TPSA) is 122 Å². The van der Waals surface area contributed by atoms with Gasteiger partial charge in [0, 0.05) is 25.0 Å². The summed E-state index contributed by atoms with van der Waals surface area (Å²) in [5, 5.41) is 13.8. The standard InChI is InChI=1S/C27H23F3N6O4/c1-26(23(37)32-14-15-36(26)25(38)39-16-17-6-3-2-4-7-17)24-35-34-22(40-24)20-8-5-13-31-21(20)33-19-11-9-18(10-12-19)27(28,29)30/h2-13H,14-16H2,1H3,(H,31,33)(H,32,37). The Hall–Kier alpha value is -4.94. The van der Waals surface area contributed by atoms with Gasteiger partial charge in [-0.3, -0.25) is 9.69 Å². The lowest BCUT2D eigenvalue weighted by molar-refractivity contribution is -0.138. The van der Waals surface area contributed by atoms with Crippen LogP contribution >= 0.6 is 0 Å². The SMILES string of the molecule is CC1(c2nnc(-c3cccnc3Nc3ccc(C(F)(F)F)cc3)o2)C(=O)NCCN1C(=O)OCc1ccccc1. The Balaban J connectivity index is 1.39. The van der Waals surface area contributed by atoms with Crippen LogP contribution in [0.5, 0.6) is 0 Å². The van der Waals surface area contributed by atoms with E-state index in [4.69, 9.17) is 9.15 Å². The molecular weight excluding hydrogens is 529 g/mol. The first-order valence-corrected chi connectivity index (χ1v) is 12.2. The summed E-state index contributed by atoms with van der Waals surface area (Å²) in [5.74, 6) is -0.467. The molecule has 0 aliphatic carbocycles. The second-order valence-corrected chi connectivity index (χ2v) is 9.03. The summed E-state index contributed by atoms with van der Waals surface area (Å²) in [6.45, 7) is 1.84. The molecule has 2 aromatic heterocycles. The molecule has 1 aliphatic heterocycles. The van der Waals surface area contributed by atoms with E-state index in [1.165, 1.54) is 30.2 Å². The van der Waals surface area contributed by atoms with Crippen molar-refractivity contribution in [2.45, 2.75) is 25.2 Å². The summed E-state index contributed by atoms with van der Waals surface area (Å²) in [5.41, 5.74) is -0.992. The molecule has 4 aromatic rings. The van der Waals surface area contributed by atoms with Gasteiger partial charge in [-0.15, -0.1) is 10.2 Å².